The maximum Gasteiger partial charge on any atom is 0.0763 e. The second-order valence-corrected chi connectivity index (χ2v) is 6.57. The lowest BCUT2D eigenvalue weighted by Gasteiger charge is -2.12. The summed E-state index contributed by atoms with van der Waals surface area (Å²) in [6.07, 6.45) is 0. The maximum atomic E-state index is 6.32. The van der Waals surface area contributed by atoms with Crippen LogP contribution in [0.2, 0.25) is 5.02 Å². The minimum absolute atomic E-state index is 0.147. The van der Waals surface area contributed by atoms with Crippen molar-refractivity contribution in [2.75, 3.05) is 0 Å². The van der Waals surface area contributed by atoms with E-state index < -0.39 is 0 Å². The molecule has 1 aromatic carbocycles. The number of benzene rings is 1. The topological polar surface area (TPSA) is 0 Å². The van der Waals surface area contributed by atoms with E-state index >= 15 is 0 Å². The van der Waals surface area contributed by atoms with Gasteiger partial charge in [0.15, 0.2) is 0 Å². The highest BCUT2D eigenvalue weighted by Crippen LogP contribution is 2.41. The highest BCUT2D eigenvalue weighted by Gasteiger charge is 2.18. The lowest BCUT2D eigenvalue weighted by atomic mass is 10.1. The molecular formula is C12H9Br2ClS. The smallest absolute Gasteiger partial charge is 0.0763 e. The molecule has 0 radical (unpaired) electrons. The minimum atomic E-state index is 0.147. The largest absolute Gasteiger partial charge is 0.146 e. The van der Waals surface area contributed by atoms with E-state index in [9.17, 15) is 0 Å². The molecule has 0 amide bonds. The summed E-state index contributed by atoms with van der Waals surface area (Å²) in [6, 6.07) is 8.17. The predicted octanol–water partition coefficient (Wildman–Crippen LogP) is 5.96. The molecule has 2 rings (SSSR count). The van der Waals surface area contributed by atoms with E-state index in [0.29, 0.717) is 0 Å². The van der Waals surface area contributed by atoms with Crippen molar-refractivity contribution in [2.24, 2.45) is 0 Å². The zero-order valence-corrected chi connectivity index (χ0v) is 13.3. The first-order valence-corrected chi connectivity index (χ1v) is 7.70. The van der Waals surface area contributed by atoms with Crippen LogP contribution in [0.1, 0.15) is 20.8 Å². The van der Waals surface area contributed by atoms with Crippen LogP contribution in [0.15, 0.2) is 34.1 Å². The van der Waals surface area contributed by atoms with Gasteiger partial charge in [0.2, 0.25) is 0 Å². The fraction of sp³-hybridized carbons (Fsp3) is 0.167. The van der Waals surface area contributed by atoms with Crippen molar-refractivity contribution in [3.05, 3.63) is 55.1 Å². The van der Waals surface area contributed by atoms with Crippen LogP contribution in [0.5, 0.6) is 0 Å². The average Bonchev–Trinajstić information content (AvgIpc) is 2.68. The second kappa shape index (κ2) is 5.21. The number of hydrogen-bond acceptors (Lipinski definition) is 1. The highest BCUT2D eigenvalue weighted by molar-refractivity contribution is 9.11. The third-order valence-electron chi connectivity index (χ3n) is 2.37. The quantitative estimate of drug-likeness (QED) is 0.564. The van der Waals surface area contributed by atoms with Crippen LogP contribution >= 0.6 is 54.8 Å². The van der Waals surface area contributed by atoms with Gasteiger partial charge in [-0.2, -0.15) is 0 Å². The van der Waals surface area contributed by atoms with Crippen LogP contribution in [0.3, 0.4) is 0 Å². The predicted molar refractivity (Wildman–Crippen MR) is 79.0 cm³/mol. The Bertz CT molecular complexity index is 507. The molecule has 0 N–H and O–H groups in total. The van der Waals surface area contributed by atoms with Crippen molar-refractivity contribution in [2.45, 2.75) is 11.8 Å². The monoisotopic (exact) mass is 378 g/mol. The van der Waals surface area contributed by atoms with Gasteiger partial charge in [-0.1, -0.05) is 45.7 Å². The van der Waals surface area contributed by atoms with E-state index in [0.717, 1.165) is 20.6 Å². The highest BCUT2D eigenvalue weighted by atomic mass is 79.9. The van der Waals surface area contributed by atoms with Gasteiger partial charge in [-0.3, -0.25) is 0 Å². The SMILES string of the molecule is Cc1cccc(C(Br)c2sccc2Br)c1Cl. The van der Waals surface area contributed by atoms with Crippen molar-refractivity contribution < 1.29 is 0 Å². The molecule has 4 heteroatoms. The van der Waals surface area contributed by atoms with Gasteiger partial charge < -0.3 is 0 Å². The summed E-state index contributed by atoms with van der Waals surface area (Å²) in [5.41, 5.74) is 2.22. The van der Waals surface area contributed by atoms with Crippen LogP contribution in [0, 0.1) is 6.92 Å². The maximum absolute atomic E-state index is 6.32. The van der Waals surface area contributed by atoms with Crippen LogP contribution in [-0.2, 0) is 0 Å². The molecule has 0 fully saturated rings. The molecule has 1 atom stereocenters. The molecule has 0 saturated heterocycles. The van der Waals surface area contributed by atoms with Crippen molar-refractivity contribution in [3.8, 4) is 0 Å². The van der Waals surface area contributed by atoms with Crippen LogP contribution in [-0.4, -0.2) is 0 Å². The molecule has 2 aromatic rings. The van der Waals surface area contributed by atoms with Gasteiger partial charge in [-0.25, -0.2) is 0 Å². The Morgan fingerprint density at radius 2 is 2.06 bits per heavy atom. The second-order valence-electron chi connectivity index (χ2n) is 3.47. The van der Waals surface area contributed by atoms with Crippen LogP contribution in [0.4, 0.5) is 0 Å². The van der Waals surface area contributed by atoms with Gasteiger partial charge in [-0.05, 0) is 45.4 Å². The van der Waals surface area contributed by atoms with Crippen LogP contribution in [0.25, 0.3) is 0 Å². The number of aryl methyl sites for hydroxylation is 1. The molecule has 0 aliphatic carbocycles. The number of halogens is 3. The first kappa shape index (κ1) is 12.6. The van der Waals surface area contributed by atoms with E-state index in [1.165, 1.54) is 4.88 Å². The fourth-order valence-electron chi connectivity index (χ4n) is 1.49. The Labute approximate surface area is 121 Å². The standard InChI is InChI=1S/C12H9Br2ClS/c1-7-3-2-4-8(11(7)15)10(14)12-9(13)5-6-16-12/h2-6,10H,1H3. The molecule has 0 aliphatic rings. The number of hydrogen-bond donors (Lipinski definition) is 0. The number of thiophene rings is 1. The van der Waals surface area contributed by atoms with Gasteiger partial charge >= 0.3 is 0 Å². The Morgan fingerprint density at radius 1 is 1.31 bits per heavy atom. The van der Waals surface area contributed by atoms with Gasteiger partial charge in [0, 0.05) is 14.4 Å². The van der Waals surface area contributed by atoms with E-state index in [4.69, 9.17) is 11.6 Å². The first-order chi connectivity index (χ1) is 7.61. The summed E-state index contributed by atoms with van der Waals surface area (Å²) < 4.78 is 1.12. The molecule has 84 valence electrons. The molecular weight excluding hydrogens is 371 g/mol. The van der Waals surface area contributed by atoms with Crippen molar-refractivity contribution in [1.29, 1.82) is 0 Å². The first-order valence-electron chi connectivity index (χ1n) is 4.73. The zero-order chi connectivity index (χ0) is 11.7. The zero-order valence-electron chi connectivity index (χ0n) is 8.51. The Hall–Kier alpha value is 0.170. The molecule has 1 aromatic heterocycles. The summed E-state index contributed by atoms with van der Waals surface area (Å²) in [6.45, 7) is 2.02. The molecule has 16 heavy (non-hydrogen) atoms. The molecule has 1 unspecified atom stereocenters. The molecule has 0 bridgehead atoms. The normalized spacial score (nSPS) is 12.8. The van der Waals surface area contributed by atoms with E-state index in [2.05, 4.69) is 49.4 Å². The lowest BCUT2D eigenvalue weighted by Crippen LogP contribution is -1.93. The van der Waals surface area contributed by atoms with Crippen molar-refractivity contribution >= 4 is 54.8 Å². The van der Waals surface area contributed by atoms with Crippen molar-refractivity contribution in [1.82, 2.24) is 0 Å². The van der Waals surface area contributed by atoms with Gasteiger partial charge in [-0.15, -0.1) is 11.3 Å². The Morgan fingerprint density at radius 3 is 2.69 bits per heavy atom. The molecule has 0 saturated carbocycles. The lowest BCUT2D eigenvalue weighted by molar-refractivity contribution is 1.20. The average molecular weight is 381 g/mol. The molecule has 0 nitrogen and oxygen atoms in total. The molecule has 0 aliphatic heterocycles. The molecule has 1 heterocycles. The number of alkyl halides is 1. The van der Waals surface area contributed by atoms with Crippen molar-refractivity contribution in [3.63, 3.8) is 0 Å². The van der Waals surface area contributed by atoms with E-state index in [1.54, 1.807) is 11.3 Å². The van der Waals surface area contributed by atoms with Crippen LogP contribution < -0.4 is 0 Å². The summed E-state index contributed by atoms with van der Waals surface area (Å²) in [4.78, 5) is 1.39. The third-order valence-corrected chi connectivity index (χ3v) is 6.08. The summed E-state index contributed by atoms with van der Waals surface area (Å²) in [5.74, 6) is 0. The van der Waals surface area contributed by atoms with Gasteiger partial charge in [0.05, 0.1) is 4.83 Å². The number of rotatable bonds is 2. The third kappa shape index (κ3) is 2.37. The van der Waals surface area contributed by atoms with Gasteiger partial charge in [0.25, 0.3) is 0 Å². The molecule has 0 spiro atoms. The van der Waals surface area contributed by atoms with Gasteiger partial charge in [0.1, 0.15) is 0 Å². The van der Waals surface area contributed by atoms with E-state index in [1.807, 2.05) is 19.1 Å². The summed E-state index contributed by atoms with van der Waals surface area (Å²) in [7, 11) is 0. The summed E-state index contributed by atoms with van der Waals surface area (Å²) in [5, 5.41) is 2.90. The van der Waals surface area contributed by atoms with E-state index in [-0.39, 0.29) is 4.83 Å². The Kier molecular flexibility index (Phi) is 4.11. The Balaban J connectivity index is 2.46. The summed E-state index contributed by atoms with van der Waals surface area (Å²) >= 11 is 15.3. The minimum Gasteiger partial charge on any atom is -0.146 e. The fourth-order valence-corrected chi connectivity index (χ4v) is 4.71.